The number of carbonyl (C=O) groups is 1. The normalized spacial score (nSPS) is 12.0. The number of halogens is 1. The summed E-state index contributed by atoms with van der Waals surface area (Å²) < 4.78 is 7.07. The van der Waals surface area contributed by atoms with Crippen molar-refractivity contribution in [3.63, 3.8) is 0 Å². The minimum Gasteiger partial charge on any atom is -0.496 e. The first kappa shape index (κ1) is 16.4. The molecule has 0 saturated carbocycles. The van der Waals surface area contributed by atoms with Gasteiger partial charge < -0.3 is 10.1 Å². The minimum atomic E-state index is -0.226. The number of rotatable bonds is 5. The molecule has 1 unspecified atom stereocenters. The average molecular weight is 322 g/mol. The molecule has 2 rings (SSSR count). The molecule has 1 aromatic heterocycles. The monoisotopic (exact) mass is 321 g/mol. The third-order valence-corrected chi connectivity index (χ3v) is 3.76. The van der Waals surface area contributed by atoms with E-state index in [4.69, 9.17) is 16.3 Å². The van der Waals surface area contributed by atoms with Crippen molar-refractivity contribution >= 4 is 17.5 Å². The SMILES string of the molecule is CCn1cc(C(C)NC(=O)c2cc(Cl)ccc2OC)c(C)n1. The molecule has 1 N–H and O–H groups in total. The third kappa shape index (κ3) is 3.42. The van der Waals surface area contributed by atoms with Crippen LogP contribution in [0, 0.1) is 6.92 Å². The number of hydrogen-bond acceptors (Lipinski definition) is 3. The summed E-state index contributed by atoms with van der Waals surface area (Å²) >= 11 is 5.97. The zero-order chi connectivity index (χ0) is 16.3. The zero-order valence-corrected chi connectivity index (χ0v) is 13.9. The first-order valence-corrected chi connectivity index (χ1v) is 7.52. The Morgan fingerprint density at radius 1 is 1.50 bits per heavy atom. The molecule has 22 heavy (non-hydrogen) atoms. The number of amides is 1. The van der Waals surface area contributed by atoms with Gasteiger partial charge in [0.1, 0.15) is 5.75 Å². The van der Waals surface area contributed by atoms with Gasteiger partial charge >= 0.3 is 0 Å². The van der Waals surface area contributed by atoms with Crippen LogP contribution in [0.1, 0.15) is 41.5 Å². The molecule has 0 aliphatic carbocycles. The number of ether oxygens (including phenoxy) is 1. The van der Waals surface area contributed by atoms with Crippen LogP contribution in [0.2, 0.25) is 5.02 Å². The van der Waals surface area contributed by atoms with Crippen molar-refractivity contribution in [1.29, 1.82) is 0 Å². The molecule has 1 atom stereocenters. The number of benzene rings is 1. The summed E-state index contributed by atoms with van der Waals surface area (Å²) in [5, 5.41) is 7.85. The summed E-state index contributed by atoms with van der Waals surface area (Å²) in [5.74, 6) is 0.269. The Kier molecular flexibility index (Phi) is 5.08. The summed E-state index contributed by atoms with van der Waals surface area (Å²) in [6.45, 7) is 6.68. The van der Waals surface area contributed by atoms with Gasteiger partial charge in [-0.2, -0.15) is 5.10 Å². The Balaban J connectivity index is 2.21. The number of nitrogens with zero attached hydrogens (tertiary/aromatic N) is 2. The number of aromatic nitrogens is 2. The standard InChI is InChI=1S/C16H20ClN3O2/c1-5-20-9-14(11(3)19-20)10(2)18-16(21)13-8-12(17)6-7-15(13)22-4/h6-10H,5H2,1-4H3,(H,18,21). The summed E-state index contributed by atoms with van der Waals surface area (Å²) in [6.07, 6.45) is 1.95. The van der Waals surface area contributed by atoms with Crippen LogP contribution in [0.4, 0.5) is 0 Å². The summed E-state index contributed by atoms with van der Waals surface area (Å²) in [6, 6.07) is 4.82. The van der Waals surface area contributed by atoms with Crippen LogP contribution >= 0.6 is 11.6 Å². The van der Waals surface area contributed by atoms with E-state index in [0.717, 1.165) is 17.8 Å². The Hall–Kier alpha value is -2.01. The molecule has 1 aromatic carbocycles. The topological polar surface area (TPSA) is 56.2 Å². The average Bonchev–Trinajstić information content (AvgIpc) is 2.88. The van der Waals surface area contributed by atoms with E-state index in [1.807, 2.05) is 31.6 Å². The van der Waals surface area contributed by atoms with Crippen molar-refractivity contribution in [3.05, 3.63) is 46.2 Å². The van der Waals surface area contributed by atoms with Gasteiger partial charge in [-0.05, 0) is 39.0 Å². The highest BCUT2D eigenvalue weighted by molar-refractivity contribution is 6.31. The molecule has 6 heteroatoms. The smallest absolute Gasteiger partial charge is 0.255 e. The molecular weight excluding hydrogens is 302 g/mol. The summed E-state index contributed by atoms with van der Waals surface area (Å²) in [7, 11) is 1.53. The number of methoxy groups -OCH3 is 1. The molecule has 0 aliphatic heterocycles. The maximum atomic E-state index is 12.5. The van der Waals surface area contributed by atoms with Crippen molar-refractivity contribution in [2.45, 2.75) is 33.4 Å². The summed E-state index contributed by atoms with van der Waals surface area (Å²) in [4.78, 5) is 12.5. The maximum Gasteiger partial charge on any atom is 0.255 e. The van der Waals surface area contributed by atoms with E-state index in [2.05, 4.69) is 10.4 Å². The Bertz CT molecular complexity index is 682. The predicted molar refractivity (Wildman–Crippen MR) is 86.5 cm³/mol. The maximum absolute atomic E-state index is 12.5. The van der Waals surface area contributed by atoms with Gasteiger partial charge in [0.05, 0.1) is 24.4 Å². The fourth-order valence-electron chi connectivity index (χ4n) is 2.33. The van der Waals surface area contributed by atoms with E-state index in [-0.39, 0.29) is 11.9 Å². The molecule has 2 aromatic rings. The third-order valence-electron chi connectivity index (χ3n) is 3.53. The van der Waals surface area contributed by atoms with Gasteiger partial charge in [0, 0.05) is 23.3 Å². The molecule has 1 heterocycles. The van der Waals surface area contributed by atoms with E-state index in [9.17, 15) is 4.79 Å². The Labute approximate surface area is 135 Å². The highest BCUT2D eigenvalue weighted by atomic mass is 35.5. The van der Waals surface area contributed by atoms with Crippen molar-refractivity contribution in [1.82, 2.24) is 15.1 Å². The van der Waals surface area contributed by atoms with Crippen LogP contribution in [0.15, 0.2) is 24.4 Å². The summed E-state index contributed by atoms with van der Waals surface area (Å²) in [5.41, 5.74) is 2.33. The molecule has 1 amide bonds. The van der Waals surface area contributed by atoms with Crippen molar-refractivity contribution in [2.75, 3.05) is 7.11 Å². The molecule has 0 aliphatic rings. The van der Waals surface area contributed by atoms with Gasteiger partial charge in [-0.1, -0.05) is 11.6 Å². The number of aryl methyl sites for hydroxylation is 2. The van der Waals surface area contributed by atoms with Crippen LogP contribution in [0.3, 0.4) is 0 Å². The second-order valence-electron chi connectivity index (χ2n) is 5.07. The van der Waals surface area contributed by atoms with Gasteiger partial charge in [-0.15, -0.1) is 0 Å². The van der Waals surface area contributed by atoms with Crippen molar-refractivity contribution in [2.24, 2.45) is 0 Å². The lowest BCUT2D eigenvalue weighted by atomic mass is 10.1. The Morgan fingerprint density at radius 3 is 2.82 bits per heavy atom. The highest BCUT2D eigenvalue weighted by Crippen LogP contribution is 2.24. The van der Waals surface area contributed by atoms with Crippen molar-refractivity contribution in [3.8, 4) is 5.75 Å². The van der Waals surface area contributed by atoms with Gasteiger partial charge in [-0.3, -0.25) is 9.48 Å². The fourth-order valence-corrected chi connectivity index (χ4v) is 2.50. The van der Waals surface area contributed by atoms with Crippen LogP contribution in [-0.4, -0.2) is 22.8 Å². The quantitative estimate of drug-likeness (QED) is 0.918. The van der Waals surface area contributed by atoms with E-state index < -0.39 is 0 Å². The molecule has 0 bridgehead atoms. The van der Waals surface area contributed by atoms with Gasteiger partial charge in [0.25, 0.3) is 5.91 Å². The molecule has 0 spiro atoms. The first-order valence-electron chi connectivity index (χ1n) is 7.14. The zero-order valence-electron chi connectivity index (χ0n) is 13.2. The highest BCUT2D eigenvalue weighted by Gasteiger charge is 2.18. The minimum absolute atomic E-state index is 0.156. The molecule has 5 nitrogen and oxygen atoms in total. The lowest BCUT2D eigenvalue weighted by Gasteiger charge is -2.15. The van der Waals surface area contributed by atoms with E-state index in [1.165, 1.54) is 7.11 Å². The molecule has 0 radical (unpaired) electrons. The first-order chi connectivity index (χ1) is 10.5. The predicted octanol–water partition coefficient (Wildman–Crippen LogP) is 3.36. The molecule has 0 saturated heterocycles. The van der Waals surface area contributed by atoms with Gasteiger partial charge in [-0.25, -0.2) is 0 Å². The van der Waals surface area contributed by atoms with Crippen LogP contribution in [-0.2, 0) is 6.54 Å². The fraction of sp³-hybridized carbons (Fsp3) is 0.375. The number of hydrogen-bond donors (Lipinski definition) is 1. The largest absolute Gasteiger partial charge is 0.496 e. The lowest BCUT2D eigenvalue weighted by molar-refractivity contribution is 0.0937. The van der Waals surface area contributed by atoms with E-state index in [0.29, 0.717) is 16.3 Å². The van der Waals surface area contributed by atoms with E-state index in [1.54, 1.807) is 18.2 Å². The molecular formula is C16H20ClN3O2. The number of nitrogens with one attached hydrogen (secondary N) is 1. The number of carbonyl (C=O) groups excluding carboxylic acids is 1. The van der Waals surface area contributed by atoms with Crippen molar-refractivity contribution < 1.29 is 9.53 Å². The van der Waals surface area contributed by atoms with E-state index >= 15 is 0 Å². The van der Waals surface area contributed by atoms with Crippen LogP contribution < -0.4 is 10.1 Å². The second-order valence-corrected chi connectivity index (χ2v) is 5.50. The lowest BCUT2D eigenvalue weighted by Crippen LogP contribution is -2.27. The van der Waals surface area contributed by atoms with Crippen LogP contribution in [0.25, 0.3) is 0 Å². The second kappa shape index (κ2) is 6.83. The molecule has 118 valence electrons. The van der Waals surface area contributed by atoms with Gasteiger partial charge in [0.15, 0.2) is 0 Å². The van der Waals surface area contributed by atoms with Crippen LogP contribution in [0.5, 0.6) is 5.75 Å². The van der Waals surface area contributed by atoms with Gasteiger partial charge in [0.2, 0.25) is 0 Å². The molecule has 0 fully saturated rings. The Morgan fingerprint density at radius 2 is 2.23 bits per heavy atom.